The molecule has 12 heteroatoms. The molecule has 0 radical (unpaired) electrons. The van der Waals surface area contributed by atoms with Gasteiger partial charge in [-0.05, 0) is 51.0 Å². The van der Waals surface area contributed by atoms with Crippen molar-refractivity contribution >= 4 is 27.3 Å². The molecule has 0 aromatic heterocycles. The van der Waals surface area contributed by atoms with Crippen molar-refractivity contribution in [1.82, 2.24) is 4.31 Å². The van der Waals surface area contributed by atoms with E-state index in [-0.39, 0.29) is 10.6 Å². The van der Waals surface area contributed by atoms with Gasteiger partial charge in [-0.15, -0.1) is 0 Å². The van der Waals surface area contributed by atoms with Gasteiger partial charge in [0.15, 0.2) is 23.9 Å². The number of hydrogen-bond donors (Lipinski definition) is 1. The molecule has 0 atom stereocenters. The van der Waals surface area contributed by atoms with Gasteiger partial charge in [0.1, 0.15) is 0 Å². The number of nitrogens with one attached hydrogen (secondary N) is 1. The van der Waals surface area contributed by atoms with E-state index >= 15 is 0 Å². The number of nitro groups is 1. The monoisotopic (exact) mass is 493 g/mol. The minimum Gasteiger partial charge on any atom is -0.490 e. The number of carbonyl (C=O) groups excluding carboxylic acids is 1. The molecular weight excluding hydrogens is 466 g/mol. The molecule has 1 heterocycles. The van der Waals surface area contributed by atoms with Crippen molar-refractivity contribution in [3.63, 3.8) is 0 Å². The SMILES string of the molecule is CCOc1ccc(NC(=O)COc2ccc(S(=O)(=O)N3CCCC3)cc2[N+](=O)[O-])cc1OCC. The summed E-state index contributed by atoms with van der Waals surface area (Å²) in [7, 11) is -3.83. The van der Waals surface area contributed by atoms with Crippen LogP contribution >= 0.6 is 0 Å². The summed E-state index contributed by atoms with van der Waals surface area (Å²) in [5.74, 6) is 0.239. The molecule has 1 aliphatic rings. The Bertz CT molecular complexity index is 1150. The quantitative estimate of drug-likeness (QED) is 0.372. The summed E-state index contributed by atoms with van der Waals surface area (Å²) in [6.45, 7) is 4.77. The third kappa shape index (κ3) is 5.94. The van der Waals surface area contributed by atoms with Gasteiger partial charge in [0.25, 0.3) is 5.91 Å². The van der Waals surface area contributed by atoms with Crippen LogP contribution in [0.2, 0.25) is 0 Å². The number of benzene rings is 2. The van der Waals surface area contributed by atoms with E-state index in [9.17, 15) is 23.3 Å². The molecule has 1 amide bonds. The van der Waals surface area contributed by atoms with E-state index in [2.05, 4.69) is 5.32 Å². The lowest BCUT2D eigenvalue weighted by atomic mass is 10.2. The lowest BCUT2D eigenvalue weighted by Gasteiger charge is -2.16. The van der Waals surface area contributed by atoms with Crippen LogP contribution in [-0.2, 0) is 14.8 Å². The molecule has 2 aromatic carbocycles. The average Bonchev–Trinajstić information content (AvgIpc) is 3.35. The molecule has 0 saturated carbocycles. The summed E-state index contributed by atoms with van der Waals surface area (Å²) in [6.07, 6.45) is 1.50. The molecule has 0 unspecified atom stereocenters. The normalized spacial score (nSPS) is 13.9. The Morgan fingerprint density at radius 3 is 2.29 bits per heavy atom. The molecule has 2 aromatic rings. The number of amides is 1. The third-order valence-electron chi connectivity index (χ3n) is 5.02. The van der Waals surface area contributed by atoms with Gasteiger partial charge in [0, 0.05) is 30.9 Å². The van der Waals surface area contributed by atoms with E-state index in [1.807, 2.05) is 13.8 Å². The molecule has 0 aliphatic carbocycles. The van der Waals surface area contributed by atoms with Gasteiger partial charge < -0.3 is 19.5 Å². The summed E-state index contributed by atoms with van der Waals surface area (Å²) < 4.78 is 43.1. The van der Waals surface area contributed by atoms with Gasteiger partial charge in [-0.2, -0.15) is 4.31 Å². The lowest BCUT2D eigenvalue weighted by Crippen LogP contribution is -2.28. The highest BCUT2D eigenvalue weighted by atomic mass is 32.2. The van der Waals surface area contributed by atoms with E-state index < -0.39 is 33.1 Å². The first-order valence-electron chi connectivity index (χ1n) is 10.9. The highest BCUT2D eigenvalue weighted by Crippen LogP contribution is 2.33. The zero-order chi connectivity index (χ0) is 24.7. The smallest absolute Gasteiger partial charge is 0.312 e. The van der Waals surface area contributed by atoms with E-state index in [0.717, 1.165) is 18.9 Å². The van der Waals surface area contributed by atoms with Crippen molar-refractivity contribution in [2.75, 3.05) is 38.2 Å². The van der Waals surface area contributed by atoms with Crippen molar-refractivity contribution in [3.05, 3.63) is 46.5 Å². The number of rotatable bonds is 11. The molecule has 1 N–H and O–H groups in total. The van der Waals surface area contributed by atoms with Crippen LogP contribution in [-0.4, -0.2) is 56.5 Å². The van der Waals surface area contributed by atoms with Crippen LogP contribution in [0.4, 0.5) is 11.4 Å². The molecular formula is C22H27N3O8S. The first-order valence-corrected chi connectivity index (χ1v) is 12.3. The highest BCUT2D eigenvalue weighted by Gasteiger charge is 2.30. The maximum atomic E-state index is 12.7. The number of anilines is 1. The van der Waals surface area contributed by atoms with Gasteiger partial charge in [0.05, 0.1) is 23.0 Å². The fraction of sp³-hybridized carbons (Fsp3) is 0.409. The average molecular weight is 494 g/mol. The second-order valence-corrected chi connectivity index (χ2v) is 9.30. The Labute approximate surface area is 197 Å². The summed E-state index contributed by atoms with van der Waals surface area (Å²) in [5.41, 5.74) is -0.102. The van der Waals surface area contributed by atoms with Gasteiger partial charge in [0.2, 0.25) is 10.0 Å². The molecule has 0 bridgehead atoms. The largest absolute Gasteiger partial charge is 0.490 e. The van der Waals surface area contributed by atoms with Crippen molar-refractivity contribution in [2.45, 2.75) is 31.6 Å². The van der Waals surface area contributed by atoms with Crippen LogP contribution in [0, 0.1) is 10.1 Å². The lowest BCUT2D eigenvalue weighted by molar-refractivity contribution is -0.386. The van der Waals surface area contributed by atoms with Crippen molar-refractivity contribution < 1.29 is 32.3 Å². The van der Waals surface area contributed by atoms with E-state index in [0.29, 0.717) is 43.5 Å². The maximum absolute atomic E-state index is 12.7. The summed E-state index contributed by atoms with van der Waals surface area (Å²) >= 11 is 0. The topological polar surface area (TPSA) is 137 Å². The number of nitrogens with zero attached hydrogens (tertiary/aromatic N) is 2. The van der Waals surface area contributed by atoms with Gasteiger partial charge in [-0.3, -0.25) is 14.9 Å². The van der Waals surface area contributed by atoms with Crippen LogP contribution in [0.3, 0.4) is 0 Å². The van der Waals surface area contributed by atoms with E-state index in [1.165, 1.54) is 16.4 Å². The summed E-state index contributed by atoms with van der Waals surface area (Å²) in [4.78, 5) is 23.0. The van der Waals surface area contributed by atoms with E-state index in [4.69, 9.17) is 14.2 Å². The number of nitro benzene ring substituents is 1. The van der Waals surface area contributed by atoms with Gasteiger partial charge in [-0.25, -0.2) is 8.42 Å². The molecule has 1 fully saturated rings. The molecule has 3 rings (SSSR count). The van der Waals surface area contributed by atoms with Gasteiger partial charge >= 0.3 is 5.69 Å². The van der Waals surface area contributed by atoms with Crippen molar-refractivity contribution in [2.24, 2.45) is 0 Å². The predicted octanol–water partition coefficient (Wildman–Crippen LogP) is 3.19. The molecule has 1 saturated heterocycles. The Morgan fingerprint density at radius 1 is 1.00 bits per heavy atom. The summed E-state index contributed by atoms with van der Waals surface area (Å²) in [6, 6.07) is 8.29. The van der Waals surface area contributed by atoms with Crippen molar-refractivity contribution in [3.8, 4) is 17.2 Å². The molecule has 11 nitrogen and oxygen atoms in total. The Hall–Kier alpha value is -3.38. The highest BCUT2D eigenvalue weighted by molar-refractivity contribution is 7.89. The van der Waals surface area contributed by atoms with Crippen molar-refractivity contribution in [1.29, 1.82) is 0 Å². The predicted molar refractivity (Wildman–Crippen MR) is 124 cm³/mol. The van der Waals surface area contributed by atoms with Crippen LogP contribution in [0.15, 0.2) is 41.3 Å². The Kier molecular flexibility index (Phi) is 8.29. The number of ether oxygens (including phenoxy) is 3. The molecule has 184 valence electrons. The Balaban J connectivity index is 1.70. The van der Waals surface area contributed by atoms with Gasteiger partial charge in [-0.1, -0.05) is 0 Å². The van der Waals surface area contributed by atoms with Crippen LogP contribution in [0.1, 0.15) is 26.7 Å². The van der Waals surface area contributed by atoms with Crippen LogP contribution < -0.4 is 19.5 Å². The zero-order valence-electron chi connectivity index (χ0n) is 19.0. The second-order valence-electron chi connectivity index (χ2n) is 7.36. The molecule has 0 spiro atoms. The second kappa shape index (κ2) is 11.2. The molecule has 1 aliphatic heterocycles. The fourth-order valence-corrected chi connectivity index (χ4v) is 5.01. The maximum Gasteiger partial charge on any atom is 0.312 e. The Morgan fingerprint density at radius 2 is 1.65 bits per heavy atom. The zero-order valence-corrected chi connectivity index (χ0v) is 19.8. The first-order chi connectivity index (χ1) is 16.3. The van der Waals surface area contributed by atoms with Crippen LogP contribution in [0.25, 0.3) is 0 Å². The standard InChI is InChI=1S/C22H27N3O8S/c1-3-31-20-9-7-16(13-21(20)32-4-2)23-22(26)15-33-19-10-8-17(14-18(19)25(27)28)34(29,30)24-11-5-6-12-24/h7-10,13-14H,3-6,11-12,15H2,1-2H3,(H,23,26). The first kappa shape index (κ1) is 25.2. The van der Waals surface area contributed by atoms with Crippen LogP contribution in [0.5, 0.6) is 17.2 Å². The summed E-state index contributed by atoms with van der Waals surface area (Å²) in [5, 5.41) is 14.2. The third-order valence-corrected chi connectivity index (χ3v) is 6.91. The minimum atomic E-state index is -3.83. The minimum absolute atomic E-state index is 0.184. The number of carbonyl (C=O) groups is 1. The number of sulfonamides is 1. The fourth-order valence-electron chi connectivity index (χ4n) is 3.47. The number of hydrogen-bond acceptors (Lipinski definition) is 8. The molecule has 34 heavy (non-hydrogen) atoms. The van der Waals surface area contributed by atoms with E-state index in [1.54, 1.807) is 18.2 Å².